The van der Waals surface area contributed by atoms with Gasteiger partial charge in [-0.25, -0.2) is 14.4 Å². The van der Waals surface area contributed by atoms with Crippen LogP contribution in [0.3, 0.4) is 0 Å². The van der Waals surface area contributed by atoms with Crippen LogP contribution in [0.25, 0.3) is 0 Å². The van der Waals surface area contributed by atoms with Crippen molar-refractivity contribution in [3.05, 3.63) is 101 Å². The Morgan fingerprint density at radius 2 is 1.52 bits per heavy atom. The van der Waals surface area contributed by atoms with E-state index >= 15 is 0 Å². The molecule has 4 rings (SSSR count). The predicted octanol–water partition coefficient (Wildman–Crippen LogP) is 5.24. The highest BCUT2D eigenvalue weighted by atomic mass is 19.1. The Balaban J connectivity index is 1.77. The maximum absolute atomic E-state index is 14.4. The highest BCUT2D eigenvalue weighted by Crippen LogP contribution is 2.49. The number of fused-ring (bicyclic) bond motifs is 1. The van der Waals surface area contributed by atoms with Crippen molar-refractivity contribution in [2.24, 2.45) is 0 Å². The number of nitrogens with zero attached hydrogens (tertiary/aromatic N) is 3. The van der Waals surface area contributed by atoms with Crippen molar-refractivity contribution in [3.63, 3.8) is 0 Å². The number of halogens is 1. The normalized spacial score (nSPS) is 17.8. The lowest BCUT2D eigenvalue weighted by Gasteiger charge is -2.34. The Morgan fingerprint density at radius 1 is 0.879 bits per heavy atom. The molecule has 0 saturated heterocycles. The van der Waals surface area contributed by atoms with Gasteiger partial charge in [0, 0.05) is 13.6 Å². The van der Waals surface area contributed by atoms with Crippen molar-refractivity contribution >= 4 is 11.6 Å². The third kappa shape index (κ3) is 4.31. The van der Waals surface area contributed by atoms with E-state index in [-0.39, 0.29) is 11.7 Å². The van der Waals surface area contributed by atoms with Gasteiger partial charge in [-0.05, 0) is 60.9 Å². The molecule has 0 fully saturated rings. The van der Waals surface area contributed by atoms with Crippen LogP contribution in [0, 0.1) is 5.82 Å². The number of benzene rings is 3. The molecule has 4 nitrogen and oxygen atoms in total. The van der Waals surface area contributed by atoms with Gasteiger partial charge in [-0.15, -0.1) is 0 Å². The average molecular weight is 446 g/mol. The summed E-state index contributed by atoms with van der Waals surface area (Å²) in [6, 6.07) is 24.7. The number of hydrazine groups is 1. The Kier molecular flexibility index (Phi) is 6.91. The zero-order valence-electron chi connectivity index (χ0n) is 19.7. The smallest absolute Gasteiger partial charge is 0.256 e. The molecular formula is C28H32FN3O. The van der Waals surface area contributed by atoms with E-state index in [1.165, 1.54) is 12.1 Å². The molecule has 1 aliphatic rings. The van der Waals surface area contributed by atoms with E-state index in [4.69, 9.17) is 0 Å². The summed E-state index contributed by atoms with van der Waals surface area (Å²) in [5, 5.41) is 3.75. The zero-order chi connectivity index (χ0) is 23.4. The molecule has 0 spiro atoms. The van der Waals surface area contributed by atoms with Crippen molar-refractivity contribution in [2.75, 3.05) is 31.7 Å². The molecule has 0 bridgehead atoms. The maximum Gasteiger partial charge on any atom is 0.256 e. The summed E-state index contributed by atoms with van der Waals surface area (Å²) in [6.07, 6.45) is 0.704. The summed E-state index contributed by atoms with van der Waals surface area (Å²) in [4.78, 5) is 16.7. The van der Waals surface area contributed by atoms with Crippen LogP contribution in [-0.2, 0) is 16.8 Å². The number of amides is 1. The second-order valence-electron chi connectivity index (χ2n) is 8.62. The van der Waals surface area contributed by atoms with Gasteiger partial charge in [0.2, 0.25) is 0 Å². The zero-order valence-corrected chi connectivity index (χ0v) is 19.7. The second-order valence-corrected chi connectivity index (χ2v) is 8.62. The van der Waals surface area contributed by atoms with E-state index in [0.29, 0.717) is 13.0 Å². The molecular weight excluding hydrogens is 413 g/mol. The van der Waals surface area contributed by atoms with Gasteiger partial charge in [-0.2, -0.15) is 0 Å². The number of para-hydroxylation sites is 1. The lowest BCUT2D eigenvalue weighted by atomic mass is 9.72. The van der Waals surface area contributed by atoms with E-state index in [1.807, 2.05) is 53.5 Å². The fourth-order valence-corrected chi connectivity index (χ4v) is 4.94. The van der Waals surface area contributed by atoms with Crippen LogP contribution in [0.2, 0.25) is 0 Å². The lowest BCUT2D eigenvalue weighted by molar-refractivity contribution is -0.125. The van der Waals surface area contributed by atoms with Gasteiger partial charge in [0.05, 0.1) is 5.69 Å². The van der Waals surface area contributed by atoms with Gasteiger partial charge in [-0.1, -0.05) is 74.5 Å². The molecule has 0 aromatic heterocycles. The molecule has 3 aromatic rings. The molecule has 0 aliphatic carbocycles. The molecule has 3 aromatic carbocycles. The van der Waals surface area contributed by atoms with Gasteiger partial charge in [0.1, 0.15) is 11.2 Å². The minimum atomic E-state index is -0.752. The molecule has 0 N–H and O–H groups in total. The first-order valence-corrected chi connectivity index (χ1v) is 11.7. The summed E-state index contributed by atoms with van der Waals surface area (Å²) < 4.78 is 13.4. The quantitative estimate of drug-likeness (QED) is 0.451. The molecule has 1 heterocycles. The Hall–Kier alpha value is -3.02. The third-order valence-corrected chi connectivity index (χ3v) is 6.78. The van der Waals surface area contributed by atoms with Crippen molar-refractivity contribution in [3.8, 4) is 0 Å². The van der Waals surface area contributed by atoms with Crippen LogP contribution in [0.15, 0.2) is 78.9 Å². The summed E-state index contributed by atoms with van der Waals surface area (Å²) in [6.45, 7) is 7.55. The standard InChI is InChI=1S/C28H32FN3O/c1-4-31(5-2)20-19-28(23-11-7-6-8-12-23)25-13-9-10-14-26(25)32(27(28)33)30(3)21-22-15-17-24(29)18-16-22/h6-18H,4-5,19-21H2,1-3H3/t28-/m1/s1. The van der Waals surface area contributed by atoms with Gasteiger partial charge >= 0.3 is 0 Å². The lowest BCUT2D eigenvalue weighted by Crippen LogP contribution is -2.49. The van der Waals surface area contributed by atoms with E-state index in [2.05, 4.69) is 36.9 Å². The summed E-state index contributed by atoms with van der Waals surface area (Å²) in [7, 11) is 1.92. The summed E-state index contributed by atoms with van der Waals surface area (Å²) in [5.41, 5.74) is 3.17. The molecule has 0 saturated carbocycles. The topological polar surface area (TPSA) is 26.8 Å². The molecule has 0 unspecified atom stereocenters. The Morgan fingerprint density at radius 3 is 2.18 bits per heavy atom. The molecule has 33 heavy (non-hydrogen) atoms. The molecule has 0 radical (unpaired) electrons. The number of carbonyl (C=O) groups is 1. The minimum absolute atomic E-state index is 0.0617. The third-order valence-electron chi connectivity index (χ3n) is 6.78. The van der Waals surface area contributed by atoms with Crippen LogP contribution in [-0.4, -0.2) is 42.5 Å². The fourth-order valence-electron chi connectivity index (χ4n) is 4.94. The number of hydrogen-bond acceptors (Lipinski definition) is 3. The second kappa shape index (κ2) is 9.86. The minimum Gasteiger partial charge on any atom is -0.304 e. The largest absolute Gasteiger partial charge is 0.304 e. The molecule has 1 amide bonds. The van der Waals surface area contributed by atoms with Crippen molar-refractivity contribution in [1.29, 1.82) is 0 Å². The molecule has 1 atom stereocenters. The van der Waals surface area contributed by atoms with Gasteiger partial charge in [-0.3, -0.25) is 4.79 Å². The fraction of sp³-hybridized carbons (Fsp3) is 0.321. The summed E-state index contributed by atoms with van der Waals surface area (Å²) >= 11 is 0. The van der Waals surface area contributed by atoms with E-state index in [0.717, 1.165) is 42.0 Å². The Bertz CT molecular complexity index is 1080. The van der Waals surface area contributed by atoms with Crippen LogP contribution in [0.4, 0.5) is 10.1 Å². The molecule has 1 aliphatic heterocycles. The van der Waals surface area contributed by atoms with Gasteiger partial charge in [0.15, 0.2) is 0 Å². The van der Waals surface area contributed by atoms with Crippen LogP contribution >= 0.6 is 0 Å². The van der Waals surface area contributed by atoms with Crippen molar-refractivity contribution in [1.82, 2.24) is 9.91 Å². The number of anilines is 1. The number of carbonyl (C=O) groups excluding carboxylic acids is 1. The first kappa shape index (κ1) is 23.1. The van der Waals surface area contributed by atoms with E-state index in [1.54, 1.807) is 12.1 Å². The van der Waals surface area contributed by atoms with Crippen LogP contribution in [0.5, 0.6) is 0 Å². The van der Waals surface area contributed by atoms with Crippen molar-refractivity contribution < 1.29 is 9.18 Å². The first-order valence-electron chi connectivity index (χ1n) is 11.7. The van der Waals surface area contributed by atoms with E-state index < -0.39 is 5.41 Å². The SMILES string of the molecule is CCN(CC)CC[C@]1(c2ccccc2)C(=O)N(N(C)Cc2ccc(F)cc2)c2ccccc21. The van der Waals surface area contributed by atoms with Gasteiger partial charge in [0.25, 0.3) is 5.91 Å². The van der Waals surface area contributed by atoms with Crippen LogP contribution in [0.1, 0.15) is 37.0 Å². The van der Waals surface area contributed by atoms with Gasteiger partial charge < -0.3 is 4.90 Å². The monoisotopic (exact) mass is 445 g/mol. The highest BCUT2D eigenvalue weighted by Gasteiger charge is 2.52. The van der Waals surface area contributed by atoms with Crippen molar-refractivity contribution in [2.45, 2.75) is 32.2 Å². The predicted molar refractivity (Wildman–Crippen MR) is 131 cm³/mol. The number of rotatable bonds is 9. The average Bonchev–Trinajstić information content (AvgIpc) is 3.10. The first-order chi connectivity index (χ1) is 16.0. The number of hydrogen-bond donors (Lipinski definition) is 0. The maximum atomic E-state index is 14.4. The molecule has 5 heteroatoms. The molecule has 172 valence electrons. The Labute approximate surface area is 196 Å². The highest BCUT2D eigenvalue weighted by molar-refractivity contribution is 6.09. The summed E-state index contributed by atoms with van der Waals surface area (Å²) in [5.74, 6) is -0.199. The van der Waals surface area contributed by atoms with E-state index in [9.17, 15) is 9.18 Å². The van der Waals surface area contributed by atoms with Crippen LogP contribution < -0.4 is 5.01 Å².